The van der Waals surface area contributed by atoms with Crippen LogP contribution in [0.2, 0.25) is 0 Å². The van der Waals surface area contributed by atoms with Gasteiger partial charge in [0.15, 0.2) is 0 Å². The van der Waals surface area contributed by atoms with Gasteiger partial charge in [-0.1, -0.05) is 5.92 Å². The normalized spacial score (nSPS) is 15.3. The fraction of sp³-hybridized carbons (Fsp3) is 0.824. The van der Waals surface area contributed by atoms with E-state index in [9.17, 15) is 88.6 Å². The van der Waals surface area contributed by atoms with Crippen molar-refractivity contribution in [2.24, 2.45) is 5.92 Å². The van der Waals surface area contributed by atoms with Gasteiger partial charge >= 0.3 is 83.4 Å². The molecule has 0 aromatic rings. The van der Waals surface area contributed by atoms with Gasteiger partial charge in [-0.3, -0.25) is 9.59 Å². The number of hydrogen-bond donors (Lipinski definition) is 0. The van der Waals surface area contributed by atoms with Crippen LogP contribution in [0.5, 0.6) is 0 Å². The van der Waals surface area contributed by atoms with Crippen LogP contribution in [0, 0.1) is 12.8 Å². The molecular weight excluding hydrogens is 633 g/mol. The first-order chi connectivity index (χ1) is 16.9. The van der Waals surface area contributed by atoms with E-state index in [0.29, 0.717) is 0 Å². The molecule has 0 saturated carbocycles. The zero-order chi connectivity index (χ0) is 31.7. The van der Waals surface area contributed by atoms with Crippen LogP contribution in [0.1, 0.15) is 19.3 Å². The molecule has 1 atom stereocenters. The van der Waals surface area contributed by atoms with E-state index in [1.165, 1.54) is 0 Å². The molecule has 0 aliphatic rings. The average Bonchev–Trinajstić information content (AvgIpc) is 2.70. The molecule has 0 aromatic heterocycles. The molecule has 4 nitrogen and oxygen atoms in total. The monoisotopic (exact) mass is 646 g/mol. The Kier molecular flexibility index (Phi) is 13.2. The van der Waals surface area contributed by atoms with Gasteiger partial charge in [0.25, 0.3) is 5.97 Å². The van der Waals surface area contributed by atoms with Crippen LogP contribution in [0.4, 0.5) is 79.0 Å². The van der Waals surface area contributed by atoms with E-state index in [0.717, 1.165) is 0 Å². The van der Waals surface area contributed by atoms with Gasteiger partial charge < -0.3 is 16.4 Å². The van der Waals surface area contributed by atoms with Gasteiger partial charge in [-0.05, 0) is 0 Å². The summed E-state index contributed by atoms with van der Waals surface area (Å²) < 4.78 is 236. The largest absolute Gasteiger partial charge is 1.00 e. The number of esters is 2. The van der Waals surface area contributed by atoms with E-state index in [1.807, 2.05) is 0 Å². The summed E-state index contributed by atoms with van der Waals surface area (Å²) in [4.78, 5) is 22.9. The molecule has 0 heterocycles. The molecule has 0 amide bonds. The van der Waals surface area contributed by atoms with Crippen LogP contribution in [0.25, 0.3) is 0 Å². The average molecular weight is 646 g/mol. The van der Waals surface area contributed by atoms with Gasteiger partial charge in [-0.15, -0.1) is 0 Å². The quantitative estimate of drug-likeness (QED) is 0.133. The summed E-state index contributed by atoms with van der Waals surface area (Å²) in [5, 5.41) is 0. The van der Waals surface area contributed by atoms with Crippen molar-refractivity contribution in [3.63, 3.8) is 0 Å². The van der Waals surface area contributed by atoms with Gasteiger partial charge in [0.05, 0.1) is 26.1 Å². The summed E-state index contributed by atoms with van der Waals surface area (Å²) in [5.74, 6) is -46.7. The zero-order valence-electron chi connectivity index (χ0n) is 19.3. The topological polar surface area (TPSA) is 52.6 Å². The first-order valence-corrected chi connectivity index (χ1v) is 9.46. The summed E-state index contributed by atoms with van der Waals surface area (Å²) in [6.45, 7) is -1.12. The Bertz CT molecular complexity index is 867. The zero-order valence-corrected chi connectivity index (χ0v) is 21.3. The van der Waals surface area contributed by atoms with Crippen molar-refractivity contribution < 1.29 is 128 Å². The molecule has 0 radical (unpaired) electrons. The van der Waals surface area contributed by atoms with Crippen molar-refractivity contribution >= 4 is 11.9 Å². The minimum absolute atomic E-state index is 0. The number of alkyl halides is 18. The molecule has 0 aliphatic carbocycles. The van der Waals surface area contributed by atoms with Crippen LogP contribution in [0.3, 0.4) is 0 Å². The molecule has 0 aromatic carbocycles. The Balaban J connectivity index is 0. The summed E-state index contributed by atoms with van der Waals surface area (Å²) in [5.41, 5.74) is 0. The smallest absolute Gasteiger partial charge is 0.467 e. The minimum Gasteiger partial charge on any atom is -0.467 e. The number of carbonyl (C=O) groups excluding carboxylic acids is 2. The van der Waals surface area contributed by atoms with Crippen LogP contribution in [-0.4, -0.2) is 73.0 Å². The van der Waals surface area contributed by atoms with Crippen LogP contribution >= 0.6 is 0 Å². The van der Waals surface area contributed by atoms with E-state index in [4.69, 9.17) is 0 Å². The Morgan fingerprint density at radius 2 is 0.850 bits per heavy atom. The summed E-state index contributed by atoms with van der Waals surface area (Å²) in [7, 11) is 0. The third-order valence-corrected chi connectivity index (χ3v) is 4.51. The SMILES string of the molecule is [CH2-]C(CC(=O)OCCC(F)(F)C(F)(F)C(F)(F)C(F)(F)F)C(=O)OCCC(F)(F)C(F)(F)C(F)(F)C(F)(F)F.[Na+]. The third-order valence-electron chi connectivity index (χ3n) is 4.51. The molecule has 0 aliphatic heterocycles. The number of carbonyl (C=O) groups is 2. The molecule has 1 unspecified atom stereocenters. The molecule has 0 saturated heterocycles. The van der Waals surface area contributed by atoms with Crippen molar-refractivity contribution in [3.8, 4) is 0 Å². The fourth-order valence-electron chi connectivity index (χ4n) is 2.16. The maximum atomic E-state index is 13.3. The van der Waals surface area contributed by atoms with E-state index >= 15 is 0 Å². The van der Waals surface area contributed by atoms with Crippen molar-refractivity contribution in [2.75, 3.05) is 13.2 Å². The maximum absolute atomic E-state index is 13.3. The van der Waals surface area contributed by atoms with E-state index in [2.05, 4.69) is 16.4 Å². The number of halogens is 18. The third kappa shape index (κ3) is 8.37. The predicted molar refractivity (Wildman–Crippen MR) is 86.4 cm³/mol. The molecule has 232 valence electrons. The maximum Gasteiger partial charge on any atom is 1.00 e. The number of ether oxygens (including phenoxy) is 2. The van der Waals surface area contributed by atoms with Gasteiger partial charge in [0.1, 0.15) is 0 Å². The van der Waals surface area contributed by atoms with E-state index < -0.39 is 98.2 Å². The molecule has 40 heavy (non-hydrogen) atoms. The molecule has 0 rings (SSSR count). The summed E-state index contributed by atoms with van der Waals surface area (Å²) >= 11 is 0. The molecular formula is C17H13F18NaO4. The van der Waals surface area contributed by atoms with Crippen molar-refractivity contribution in [2.45, 2.75) is 67.2 Å². The summed E-state index contributed by atoms with van der Waals surface area (Å²) in [6, 6.07) is 0. The Morgan fingerprint density at radius 3 is 1.15 bits per heavy atom. The molecule has 23 heteroatoms. The molecule has 0 N–H and O–H groups in total. The number of rotatable bonds is 13. The van der Waals surface area contributed by atoms with Gasteiger partial charge in [-0.2, -0.15) is 79.0 Å². The van der Waals surface area contributed by atoms with Crippen LogP contribution in [-0.2, 0) is 19.1 Å². The molecule has 0 fully saturated rings. The standard InChI is InChI=1S/C17H13F18O4.Na/c1-7(9(37)39-5-3-11(20,21)13(24,25)15(28,29)17(33,34)35)6-8(36)38-4-2-10(18,19)12(22,23)14(26,27)16(30,31)32;/h7H,1-6H2;/q-1;+1. The Hall–Kier alpha value is -1.32. The first-order valence-electron chi connectivity index (χ1n) is 9.46. The second-order valence-electron chi connectivity index (χ2n) is 7.49. The van der Waals surface area contributed by atoms with Crippen molar-refractivity contribution in [3.05, 3.63) is 6.92 Å². The van der Waals surface area contributed by atoms with Crippen LogP contribution < -0.4 is 29.6 Å². The Morgan fingerprint density at radius 1 is 0.550 bits per heavy atom. The molecule has 0 bridgehead atoms. The second kappa shape index (κ2) is 12.9. The van der Waals surface area contributed by atoms with Gasteiger partial charge in [-0.25, -0.2) is 0 Å². The molecule has 0 spiro atoms. The van der Waals surface area contributed by atoms with Crippen LogP contribution in [0.15, 0.2) is 0 Å². The van der Waals surface area contributed by atoms with E-state index in [1.54, 1.807) is 0 Å². The fourth-order valence-corrected chi connectivity index (χ4v) is 2.16. The van der Waals surface area contributed by atoms with Gasteiger partial charge in [0.2, 0.25) is 0 Å². The van der Waals surface area contributed by atoms with E-state index in [-0.39, 0.29) is 29.6 Å². The Labute approximate surface area is 233 Å². The first kappa shape index (κ1) is 40.8. The minimum atomic E-state index is -7.23. The van der Waals surface area contributed by atoms with Gasteiger partial charge in [0, 0.05) is 6.42 Å². The number of hydrogen-bond acceptors (Lipinski definition) is 4. The second-order valence-corrected chi connectivity index (χ2v) is 7.49. The van der Waals surface area contributed by atoms with Crippen molar-refractivity contribution in [1.29, 1.82) is 0 Å². The summed E-state index contributed by atoms with van der Waals surface area (Å²) in [6.07, 6.45) is -20.9. The predicted octanol–water partition coefficient (Wildman–Crippen LogP) is 3.63. The van der Waals surface area contributed by atoms with Crippen molar-refractivity contribution in [1.82, 2.24) is 0 Å².